The van der Waals surface area contributed by atoms with Crippen molar-refractivity contribution in [1.29, 1.82) is 5.26 Å². The lowest BCUT2D eigenvalue weighted by Gasteiger charge is -2.10. The SMILES string of the molecule is N#Cc1cc(COc2ccc(OC(F)(F)F)cc2)ccn1. The van der Waals surface area contributed by atoms with Gasteiger partial charge in [-0.25, -0.2) is 4.98 Å². The van der Waals surface area contributed by atoms with Gasteiger partial charge in [0.2, 0.25) is 0 Å². The molecule has 2 aromatic rings. The minimum absolute atomic E-state index is 0.177. The van der Waals surface area contributed by atoms with Crippen molar-refractivity contribution >= 4 is 0 Å². The van der Waals surface area contributed by atoms with Crippen LogP contribution in [0.25, 0.3) is 0 Å². The highest BCUT2D eigenvalue weighted by molar-refractivity contribution is 5.32. The third-order valence-electron chi connectivity index (χ3n) is 2.40. The summed E-state index contributed by atoms with van der Waals surface area (Å²) in [6, 6.07) is 10.2. The van der Waals surface area contributed by atoms with Gasteiger partial charge in [0, 0.05) is 6.20 Å². The Morgan fingerprint density at radius 3 is 2.38 bits per heavy atom. The monoisotopic (exact) mass is 294 g/mol. The molecule has 7 heteroatoms. The quantitative estimate of drug-likeness (QED) is 0.867. The summed E-state index contributed by atoms with van der Waals surface area (Å²) in [5, 5.41) is 8.71. The molecular formula is C14H9F3N2O2. The van der Waals surface area contributed by atoms with Crippen molar-refractivity contribution in [3.63, 3.8) is 0 Å². The molecule has 0 aliphatic rings. The van der Waals surface area contributed by atoms with Crippen LogP contribution in [0.15, 0.2) is 42.6 Å². The lowest BCUT2D eigenvalue weighted by atomic mass is 10.2. The Hall–Kier alpha value is -2.75. The highest BCUT2D eigenvalue weighted by Crippen LogP contribution is 2.25. The third-order valence-corrected chi connectivity index (χ3v) is 2.40. The first-order valence-electron chi connectivity index (χ1n) is 5.80. The number of halogens is 3. The molecule has 108 valence electrons. The van der Waals surface area contributed by atoms with Crippen molar-refractivity contribution < 1.29 is 22.6 Å². The van der Waals surface area contributed by atoms with E-state index in [1.807, 2.05) is 6.07 Å². The number of pyridine rings is 1. The fourth-order valence-corrected chi connectivity index (χ4v) is 1.53. The number of hydrogen-bond acceptors (Lipinski definition) is 4. The summed E-state index contributed by atoms with van der Waals surface area (Å²) >= 11 is 0. The zero-order valence-electron chi connectivity index (χ0n) is 10.6. The van der Waals surface area contributed by atoms with E-state index < -0.39 is 6.36 Å². The molecule has 21 heavy (non-hydrogen) atoms. The Labute approximate surface area is 118 Å². The third kappa shape index (κ3) is 4.69. The van der Waals surface area contributed by atoms with Crippen molar-refractivity contribution in [2.24, 2.45) is 0 Å². The van der Waals surface area contributed by atoms with Gasteiger partial charge in [-0.1, -0.05) is 0 Å². The summed E-state index contributed by atoms with van der Waals surface area (Å²) in [4.78, 5) is 3.82. The van der Waals surface area contributed by atoms with Gasteiger partial charge in [-0.3, -0.25) is 0 Å². The molecule has 0 fully saturated rings. The number of nitrogens with zero attached hydrogens (tertiary/aromatic N) is 2. The molecule has 0 spiro atoms. The molecule has 1 aromatic heterocycles. The van der Waals surface area contributed by atoms with Gasteiger partial charge in [0.05, 0.1) is 0 Å². The first-order chi connectivity index (χ1) is 9.96. The lowest BCUT2D eigenvalue weighted by Crippen LogP contribution is -2.16. The van der Waals surface area contributed by atoms with Crippen LogP contribution in [0.5, 0.6) is 11.5 Å². The Morgan fingerprint density at radius 2 is 1.76 bits per heavy atom. The number of nitriles is 1. The lowest BCUT2D eigenvalue weighted by molar-refractivity contribution is -0.274. The maximum atomic E-state index is 12.0. The van der Waals surface area contributed by atoms with Crippen LogP contribution in [0.4, 0.5) is 13.2 Å². The average Bonchev–Trinajstić information content (AvgIpc) is 2.45. The summed E-state index contributed by atoms with van der Waals surface area (Å²) in [5.74, 6) is 0.0744. The van der Waals surface area contributed by atoms with E-state index in [9.17, 15) is 13.2 Å². The molecule has 0 saturated carbocycles. The van der Waals surface area contributed by atoms with Crippen LogP contribution in [0.1, 0.15) is 11.3 Å². The van der Waals surface area contributed by atoms with Gasteiger partial charge in [0.15, 0.2) is 0 Å². The molecular weight excluding hydrogens is 285 g/mol. The molecule has 1 aromatic carbocycles. The highest BCUT2D eigenvalue weighted by Gasteiger charge is 2.30. The minimum atomic E-state index is -4.72. The van der Waals surface area contributed by atoms with Crippen molar-refractivity contribution in [3.05, 3.63) is 53.9 Å². The first kappa shape index (κ1) is 14.7. The molecule has 2 rings (SSSR count). The van der Waals surface area contributed by atoms with E-state index in [4.69, 9.17) is 10.00 Å². The molecule has 1 heterocycles. The van der Waals surface area contributed by atoms with Gasteiger partial charge in [0.1, 0.15) is 29.9 Å². The number of benzene rings is 1. The average molecular weight is 294 g/mol. The second-order valence-electron chi connectivity index (χ2n) is 3.97. The highest BCUT2D eigenvalue weighted by atomic mass is 19.4. The number of alkyl halides is 3. The standard InChI is InChI=1S/C14H9F3N2O2/c15-14(16,17)21-13-3-1-12(2-4-13)20-9-10-5-6-19-11(7-10)8-18/h1-7H,9H2. The summed E-state index contributed by atoms with van der Waals surface area (Å²) in [7, 11) is 0. The second kappa shape index (κ2) is 6.13. The van der Waals surface area contributed by atoms with Gasteiger partial charge in [-0.15, -0.1) is 13.2 Å². The predicted octanol–water partition coefficient (Wildman–Crippen LogP) is 3.43. The zero-order valence-corrected chi connectivity index (χ0v) is 10.6. The fourth-order valence-electron chi connectivity index (χ4n) is 1.53. The van der Waals surface area contributed by atoms with Gasteiger partial charge in [0.25, 0.3) is 0 Å². The van der Waals surface area contributed by atoms with Gasteiger partial charge in [-0.2, -0.15) is 5.26 Å². The van der Waals surface area contributed by atoms with E-state index in [-0.39, 0.29) is 18.1 Å². The minimum Gasteiger partial charge on any atom is -0.489 e. The summed E-state index contributed by atoms with van der Waals surface area (Å²) in [6.07, 6.45) is -3.23. The van der Waals surface area contributed by atoms with Crippen LogP contribution in [0, 0.1) is 11.3 Å². The van der Waals surface area contributed by atoms with Crippen LogP contribution in [0.3, 0.4) is 0 Å². The molecule has 0 bridgehead atoms. The van der Waals surface area contributed by atoms with Crippen LogP contribution < -0.4 is 9.47 Å². The molecule has 0 amide bonds. The second-order valence-corrected chi connectivity index (χ2v) is 3.97. The smallest absolute Gasteiger partial charge is 0.489 e. The molecule has 0 aliphatic carbocycles. The summed E-state index contributed by atoms with van der Waals surface area (Å²) < 4.78 is 45.1. The Bertz CT molecular complexity index is 649. The van der Waals surface area contributed by atoms with E-state index in [0.717, 1.165) is 17.7 Å². The van der Waals surface area contributed by atoms with Gasteiger partial charge in [-0.05, 0) is 42.0 Å². The van der Waals surface area contributed by atoms with Crippen molar-refractivity contribution in [1.82, 2.24) is 4.98 Å². The van der Waals surface area contributed by atoms with E-state index in [1.165, 1.54) is 18.3 Å². The van der Waals surface area contributed by atoms with Crippen molar-refractivity contribution in [2.45, 2.75) is 13.0 Å². The van der Waals surface area contributed by atoms with Crippen molar-refractivity contribution in [2.75, 3.05) is 0 Å². The first-order valence-corrected chi connectivity index (χ1v) is 5.80. The van der Waals surface area contributed by atoms with Crippen LogP contribution >= 0.6 is 0 Å². The Morgan fingerprint density at radius 1 is 1.10 bits per heavy atom. The Kier molecular flexibility index (Phi) is 4.28. The maximum absolute atomic E-state index is 12.0. The number of hydrogen-bond donors (Lipinski definition) is 0. The van der Waals surface area contributed by atoms with E-state index in [0.29, 0.717) is 5.75 Å². The molecule has 0 N–H and O–H groups in total. The van der Waals surface area contributed by atoms with E-state index in [1.54, 1.807) is 12.1 Å². The molecule has 0 unspecified atom stereocenters. The molecule has 0 atom stereocenters. The molecule has 4 nitrogen and oxygen atoms in total. The molecule has 0 radical (unpaired) electrons. The largest absolute Gasteiger partial charge is 0.573 e. The topological polar surface area (TPSA) is 55.1 Å². The maximum Gasteiger partial charge on any atom is 0.573 e. The normalized spacial score (nSPS) is 10.8. The molecule has 0 aliphatic heterocycles. The van der Waals surface area contributed by atoms with Gasteiger partial charge < -0.3 is 9.47 Å². The number of ether oxygens (including phenoxy) is 2. The van der Waals surface area contributed by atoms with E-state index >= 15 is 0 Å². The number of aromatic nitrogens is 1. The Balaban J connectivity index is 1.96. The summed E-state index contributed by atoms with van der Waals surface area (Å²) in [5.41, 5.74) is 1.00. The summed E-state index contributed by atoms with van der Waals surface area (Å²) in [6.45, 7) is 0.177. The van der Waals surface area contributed by atoms with Crippen LogP contribution in [-0.2, 0) is 6.61 Å². The molecule has 0 saturated heterocycles. The fraction of sp³-hybridized carbons (Fsp3) is 0.143. The van der Waals surface area contributed by atoms with Crippen molar-refractivity contribution in [3.8, 4) is 17.6 Å². The number of rotatable bonds is 4. The predicted molar refractivity (Wildman–Crippen MR) is 66.4 cm³/mol. The van der Waals surface area contributed by atoms with Crippen LogP contribution in [-0.4, -0.2) is 11.3 Å². The van der Waals surface area contributed by atoms with Crippen LogP contribution in [0.2, 0.25) is 0 Å². The van der Waals surface area contributed by atoms with E-state index in [2.05, 4.69) is 9.72 Å². The zero-order chi connectivity index (χ0) is 15.3. The van der Waals surface area contributed by atoms with Gasteiger partial charge >= 0.3 is 6.36 Å².